The number of carbonyl (C=O) groups is 1. The fraction of sp³-hybridized carbons (Fsp3) is 0.364. The summed E-state index contributed by atoms with van der Waals surface area (Å²) < 4.78 is 4.83. The van der Waals surface area contributed by atoms with Crippen LogP contribution in [0.2, 0.25) is 0 Å². The molecule has 0 aliphatic carbocycles. The van der Waals surface area contributed by atoms with Gasteiger partial charge in [0.1, 0.15) is 0 Å². The third-order valence-electron chi connectivity index (χ3n) is 5.20. The van der Waals surface area contributed by atoms with Crippen LogP contribution in [0.1, 0.15) is 47.3 Å². The van der Waals surface area contributed by atoms with Crippen molar-refractivity contribution < 1.29 is 9.53 Å². The first-order valence-electron chi connectivity index (χ1n) is 9.60. The Hall–Kier alpha value is -2.60. The summed E-state index contributed by atoms with van der Waals surface area (Å²) in [5.74, 6) is -0.355. The molecule has 2 aromatic rings. The number of benzene rings is 2. The highest BCUT2D eigenvalue weighted by Crippen LogP contribution is 2.23. The standard InChI is InChI=1S/C22H27N3O2S/c1-15-19(21(26)27-3)7-6-8-20(15)24-22(28)23-16(2)17-9-11-18(12-10-17)25-13-4-5-14-25/h6-12,16H,4-5,13-14H2,1-3H3,(H2,23,24,28)/t16-/m1/s1. The van der Waals surface area contributed by atoms with Crippen LogP contribution < -0.4 is 15.5 Å². The van der Waals surface area contributed by atoms with Crippen LogP contribution in [0.3, 0.4) is 0 Å². The van der Waals surface area contributed by atoms with Crippen molar-refractivity contribution in [3.05, 3.63) is 59.2 Å². The summed E-state index contributed by atoms with van der Waals surface area (Å²) in [5.41, 5.74) is 4.58. The van der Waals surface area contributed by atoms with Gasteiger partial charge in [0.15, 0.2) is 5.11 Å². The van der Waals surface area contributed by atoms with Gasteiger partial charge in [0, 0.05) is 24.5 Å². The minimum Gasteiger partial charge on any atom is -0.465 e. The van der Waals surface area contributed by atoms with Gasteiger partial charge in [0.05, 0.1) is 18.7 Å². The van der Waals surface area contributed by atoms with E-state index in [2.05, 4.69) is 46.7 Å². The highest BCUT2D eigenvalue weighted by Gasteiger charge is 2.15. The molecule has 0 saturated carbocycles. The Morgan fingerprint density at radius 1 is 1.14 bits per heavy atom. The first-order chi connectivity index (χ1) is 13.5. The summed E-state index contributed by atoms with van der Waals surface area (Å²) in [4.78, 5) is 14.3. The lowest BCUT2D eigenvalue weighted by Gasteiger charge is -2.21. The molecule has 1 aliphatic heterocycles. The van der Waals surface area contributed by atoms with Gasteiger partial charge in [-0.05, 0) is 74.3 Å². The van der Waals surface area contributed by atoms with Gasteiger partial charge in [-0.15, -0.1) is 0 Å². The molecule has 1 saturated heterocycles. The van der Waals surface area contributed by atoms with E-state index in [0.717, 1.165) is 24.3 Å². The van der Waals surface area contributed by atoms with Crippen molar-refractivity contribution in [1.29, 1.82) is 0 Å². The van der Waals surface area contributed by atoms with Crippen molar-refractivity contribution in [2.45, 2.75) is 32.7 Å². The van der Waals surface area contributed by atoms with E-state index < -0.39 is 0 Å². The van der Waals surface area contributed by atoms with Crippen molar-refractivity contribution >= 4 is 34.7 Å². The smallest absolute Gasteiger partial charge is 0.338 e. The van der Waals surface area contributed by atoms with E-state index in [9.17, 15) is 4.79 Å². The molecule has 2 N–H and O–H groups in total. The number of nitrogens with one attached hydrogen (secondary N) is 2. The number of anilines is 2. The number of hydrogen-bond donors (Lipinski definition) is 2. The maximum absolute atomic E-state index is 11.9. The predicted octanol–water partition coefficient (Wildman–Crippen LogP) is 4.43. The van der Waals surface area contributed by atoms with Crippen molar-refractivity contribution in [2.75, 3.05) is 30.4 Å². The molecule has 3 rings (SSSR count). The molecule has 5 nitrogen and oxygen atoms in total. The van der Waals surface area contributed by atoms with Gasteiger partial charge < -0.3 is 20.3 Å². The molecule has 0 aromatic heterocycles. The van der Waals surface area contributed by atoms with Crippen molar-refractivity contribution in [2.24, 2.45) is 0 Å². The maximum atomic E-state index is 11.9. The second-order valence-corrected chi connectivity index (χ2v) is 7.48. The van der Waals surface area contributed by atoms with Crippen LogP contribution in [0.25, 0.3) is 0 Å². The Balaban J connectivity index is 1.62. The van der Waals surface area contributed by atoms with E-state index >= 15 is 0 Å². The number of methoxy groups -OCH3 is 1. The molecule has 6 heteroatoms. The van der Waals surface area contributed by atoms with Crippen LogP contribution in [0.5, 0.6) is 0 Å². The van der Waals surface area contributed by atoms with Crippen molar-refractivity contribution in [3.63, 3.8) is 0 Å². The summed E-state index contributed by atoms with van der Waals surface area (Å²) in [7, 11) is 1.38. The number of thiocarbonyl (C=S) groups is 1. The van der Waals surface area contributed by atoms with Gasteiger partial charge in [0.2, 0.25) is 0 Å². The summed E-state index contributed by atoms with van der Waals surface area (Å²) in [5, 5.41) is 7.02. The van der Waals surface area contributed by atoms with Crippen molar-refractivity contribution in [3.8, 4) is 0 Å². The third kappa shape index (κ3) is 4.62. The molecule has 1 fully saturated rings. The molecule has 2 aromatic carbocycles. The fourth-order valence-electron chi connectivity index (χ4n) is 3.49. The second-order valence-electron chi connectivity index (χ2n) is 7.08. The molecule has 1 atom stereocenters. The lowest BCUT2D eigenvalue weighted by atomic mass is 10.1. The number of ether oxygens (including phenoxy) is 1. The van der Waals surface area contributed by atoms with E-state index in [4.69, 9.17) is 17.0 Å². The zero-order chi connectivity index (χ0) is 20.1. The number of esters is 1. The second kappa shape index (κ2) is 9.06. The van der Waals surface area contributed by atoms with E-state index in [-0.39, 0.29) is 12.0 Å². The molecule has 28 heavy (non-hydrogen) atoms. The predicted molar refractivity (Wildman–Crippen MR) is 118 cm³/mol. The molecule has 1 heterocycles. The van der Waals surface area contributed by atoms with Gasteiger partial charge in [-0.2, -0.15) is 0 Å². The number of hydrogen-bond acceptors (Lipinski definition) is 4. The summed E-state index contributed by atoms with van der Waals surface area (Å²) in [6.07, 6.45) is 2.55. The monoisotopic (exact) mass is 397 g/mol. The highest BCUT2D eigenvalue weighted by molar-refractivity contribution is 7.80. The van der Waals surface area contributed by atoms with Gasteiger partial charge in [-0.3, -0.25) is 0 Å². The molecule has 0 bridgehead atoms. The summed E-state index contributed by atoms with van der Waals surface area (Å²) in [6.45, 7) is 6.24. The first kappa shape index (κ1) is 20.1. The first-order valence-corrected chi connectivity index (χ1v) is 10.0. The largest absolute Gasteiger partial charge is 0.465 e. The van der Waals surface area contributed by atoms with Gasteiger partial charge in [-0.25, -0.2) is 4.79 Å². The highest BCUT2D eigenvalue weighted by atomic mass is 32.1. The lowest BCUT2D eigenvalue weighted by Crippen LogP contribution is -2.31. The number of rotatable bonds is 5. The molecular weight excluding hydrogens is 370 g/mol. The minimum atomic E-state index is -0.355. The van der Waals surface area contributed by atoms with Crippen LogP contribution in [-0.2, 0) is 4.74 Å². The van der Waals surface area contributed by atoms with Gasteiger partial charge >= 0.3 is 5.97 Å². The molecule has 0 amide bonds. The average molecular weight is 398 g/mol. The Bertz CT molecular complexity index is 845. The number of carbonyl (C=O) groups excluding carboxylic acids is 1. The SMILES string of the molecule is COC(=O)c1cccc(NC(=S)N[C@H](C)c2ccc(N3CCCC3)cc2)c1C. The summed E-state index contributed by atoms with van der Waals surface area (Å²) in [6, 6.07) is 14.2. The summed E-state index contributed by atoms with van der Waals surface area (Å²) >= 11 is 5.48. The number of nitrogens with zero attached hydrogens (tertiary/aromatic N) is 1. The molecule has 0 unspecified atom stereocenters. The van der Waals surface area contributed by atoms with Crippen LogP contribution in [-0.4, -0.2) is 31.3 Å². The van der Waals surface area contributed by atoms with E-state index in [1.54, 1.807) is 6.07 Å². The topological polar surface area (TPSA) is 53.6 Å². The van der Waals surface area contributed by atoms with Crippen LogP contribution in [0.15, 0.2) is 42.5 Å². The van der Waals surface area contributed by atoms with E-state index in [0.29, 0.717) is 10.7 Å². The van der Waals surface area contributed by atoms with Crippen LogP contribution >= 0.6 is 12.2 Å². The van der Waals surface area contributed by atoms with Crippen LogP contribution in [0.4, 0.5) is 11.4 Å². The average Bonchev–Trinajstić information content (AvgIpc) is 3.24. The Morgan fingerprint density at radius 3 is 2.46 bits per heavy atom. The Labute approximate surface area is 172 Å². The zero-order valence-corrected chi connectivity index (χ0v) is 17.4. The lowest BCUT2D eigenvalue weighted by molar-refractivity contribution is 0.0600. The Kier molecular flexibility index (Phi) is 6.52. The molecule has 1 aliphatic rings. The van der Waals surface area contributed by atoms with Gasteiger partial charge in [0.25, 0.3) is 0 Å². The van der Waals surface area contributed by atoms with E-state index in [1.165, 1.54) is 31.2 Å². The molecule has 0 radical (unpaired) electrons. The third-order valence-corrected chi connectivity index (χ3v) is 5.42. The quantitative estimate of drug-likeness (QED) is 0.575. The normalized spacial score (nSPS) is 14.5. The fourth-order valence-corrected chi connectivity index (χ4v) is 3.78. The molecule has 0 spiro atoms. The maximum Gasteiger partial charge on any atom is 0.338 e. The molecular formula is C22H27N3O2S. The molecule has 148 valence electrons. The zero-order valence-electron chi connectivity index (χ0n) is 16.6. The van der Waals surface area contributed by atoms with E-state index in [1.807, 2.05) is 19.1 Å². The minimum absolute atomic E-state index is 0.0664. The van der Waals surface area contributed by atoms with Crippen molar-refractivity contribution in [1.82, 2.24) is 5.32 Å². The van der Waals surface area contributed by atoms with Gasteiger partial charge in [-0.1, -0.05) is 18.2 Å². The van der Waals surface area contributed by atoms with Crippen LogP contribution in [0, 0.1) is 6.92 Å². The Morgan fingerprint density at radius 2 is 1.82 bits per heavy atom.